The van der Waals surface area contributed by atoms with E-state index in [0.717, 1.165) is 31.5 Å². The number of nitrogens with one attached hydrogen (secondary N) is 1. The largest absolute Gasteiger partial charge is 0.487 e. The van der Waals surface area contributed by atoms with Gasteiger partial charge in [0.1, 0.15) is 11.8 Å². The molecule has 1 aromatic carbocycles. The van der Waals surface area contributed by atoms with Crippen molar-refractivity contribution in [3.63, 3.8) is 0 Å². The van der Waals surface area contributed by atoms with Crippen LogP contribution >= 0.6 is 0 Å². The van der Waals surface area contributed by atoms with Crippen LogP contribution in [0.3, 0.4) is 0 Å². The van der Waals surface area contributed by atoms with E-state index >= 15 is 0 Å². The Morgan fingerprint density at radius 3 is 2.50 bits per heavy atom. The number of rotatable bonds is 6. The average molecular weight is 513 g/mol. The van der Waals surface area contributed by atoms with Gasteiger partial charge in [0, 0.05) is 29.3 Å². The molecule has 36 heavy (non-hydrogen) atoms. The van der Waals surface area contributed by atoms with Gasteiger partial charge in [0.05, 0.1) is 6.10 Å². The summed E-state index contributed by atoms with van der Waals surface area (Å²) in [6.07, 6.45) is -3.89. The smallest absolute Gasteiger partial charge is 0.417 e. The number of alkyl halides is 3. The normalized spacial score (nSPS) is 26.4. The number of ether oxygens (including phenoxy) is 2. The minimum absolute atomic E-state index is 0.0376. The number of carbonyl (C=O) groups excluding carboxylic acids is 2. The highest BCUT2D eigenvalue weighted by atomic mass is 19.4. The van der Waals surface area contributed by atoms with Crippen LogP contribution < -0.4 is 15.8 Å². The van der Waals surface area contributed by atoms with E-state index in [1.807, 2.05) is 0 Å². The minimum Gasteiger partial charge on any atom is -0.487 e. The number of primary amides is 1. The molecule has 0 bridgehead atoms. The molecule has 194 valence electrons. The van der Waals surface area contributed by atoms with E-state index in [9.17, 15) is 31.5 Å². The molecule has 1 aliphatic carbocycles. The predicted octanol–water partition coefficient (Wildman–Crippen LogP) is 4.47. The van der Waals surface area contributed by atoms with E-state index in [0.29, 0.717) is 12.8 Å². The van der Waals surface area contributed by atoms with E-state index in [4.69, 9.17) is 15.2 Å². The Kier molecular flexibility index (Phi) is 6.67. The maximum atomic E-state index is 14.9. The van der Waals surface area contributed by atoms with Crippen molar-refractivity contribution < 1.29 is 41.0 Å². The Morgan fingerprint density at radius 2 is 1.92 bits per heavy atom. The van der Waals surface area contributed by atoms with Crippen molar-refractivity contribution in [3.05, 3.63) is 53.4 Å². The second-order valence-corrected chi connectivity index (χ2v) is 9.19. The Balaban J connectivity index is 1.76. The van der Waals surface area contributed by atoms with Crippen molar-refractivity contribution in [2.75, 3.05) is 5.32 Å². The van der Waals surface area contributed by atoms with E-state index < -0.39 is 65.0 Å². The SMILES string of the molecule is C[C@@H]1[C@@H](c2ccc(F)c(F)c2OC2CCC2)[C@H](C(=O)Nc2ccnc(C(N)=O)c2)O[C@]1(C)C(F)(F)F. The Labute approximate surface area is 203 Å². The molecule has 1 aromatic heterocycles. The maximum Gasteiger partial charge on any atom is 0.417 e. The number of benzene rings is 1. The summed E-state index contributed by atoms with van der Waals surface area (Å²) in [7, 11) is 0. The van der Waals surface area contributed by atoms with Gasteiger partial charge in [-0.25, -0.2) is 4.39 Å². The first-order valence-electron chi connectivity index (χ1n) is 11.3. The van der Waals surface area contributed by atoms with Crippen molar-refractivity contribution in [1.29, 1.82) is 0 Å². The van der Waals surface area contributed by atoms with Crippen LogP contribution in [0.4, 0.5) is 27.6 Å². The number of anilines is 1. The van der Waals surface area contributed by atoms with Crippen molar-refractivity contribution in [1.82, 2.24) is 4.98 Å². The second-order valence-electron chi connectivity index (χ2n) is 9.19. The molecule has 0 radical (unpaired) electrons. The number of carbonyl (C=O) groups is 2. The van der Waals surface area contributed by atoms with Crippen LogP contribution in [0.1, 0.15) is 55.1 Å². The van der Waals surface area contributed by atoms with Crippen LogP contribution in [0.2, 0.25) is 0 Å². The number of hydrogen-bond donors (Lipinski definition) is 2. The molecule has 7 nitrogen and oxygen atoms in total. The topological polar surface area (TPSA) is 104 Å². The van der Waals surface area contributed by atoms with Gasteiger partial charge in [-0.3, -0.25) is 14.6 Å². The van der Waals surface area contributed by atoms with Crippen molar-refractivity contribution in [3.8, 4) is 5.75 Å². The van der Waals surface area contributed by atoms with Gasteiger partial charge < -0.3 is 20.5 Å². The Morgan fingerprint density at radius 1 is 1.22 bits per heavy atom. The second kappa shape index (κ2) is 9.30. The third-order valence-corrected chi connectivity index (χ3v) is 6.98. The monoisotopic (exact) mass is 513 g/mol. The van der Waals surface area contributed by atoms with Gasteiger partial charge in [0.2, 0.25) is 5.82 Å². The molecule has 3 N–H and O–H groups in total. The van der Waals surface area contributed by atoms with Gasteiger partial charge in [-0.05, 0) is 44.4 Å². The molecule has 2 amide bonds. The standard InChI is InChI=1S/C24H24F5N3O4/c1-11-17(14-6-7-15(25)18(26)19(14)35-13-4-3-5-13)20(36-23(11,2)24(27,28)29)22(34)32-12-8-9-31-16(10-12)21(30)33/h6-11,13,17,20H,3-5H2,1-2H3,(H2,30,33)(H,31,32,34)/t11-,17+,20-,23+/m1/s1. The zero-order chi connectivity index (χ0) is 26.4. The lowest BCUT2D eigenvalue weighted by atomic mass is 9.76. The summed E-state index contributed by atoms with van der Waals surface area (Å²) in [4.78, 5) is 28.4. The fourth-order valence-electron chi connectivity index (χ4n) is 4.46. The summed E-state index contributed by atoms with van der Waals surface area (Å²) in [5.74, 6) is -7.69. The number of amides is 2. The molecule has 4 atom stereocenters. The van der Waals surface area contributed by atoms with Crippen molar-refractivity contribution in [2.45, 2.75) is 63.0 Å². The first-order valence-corrected chi connectivity index (χ1v) is 11.3. The molecule has 1 aliphatic heterocycles. The van der Waals surface area contributed by atoms with Gasteiger partial charge in [-0.15, -0.1) is 0 Å². The summed E-state index contributed by atoms with van der Waals surface area (Å²) in [6, 6.07) is 4.37. The summed E-state index contributed by atoms with van der Waals surface area (Å²) < 4.78 is 82.4. The number of pyridine rings is 1. The highest BCUT2D eigenvalue weighted by molar-refractivity contribution is 5.97. The summed E-state index contributed by atoms with van der Waals surface area (Å²) >= 11 is 0. The molecule has 4 rings (SSSR count). The first-order chi connectivity index (χ1) is 16.8. The summed E-state index contributed by atoms with van der Waals surface area (Å²) in [5, 5.41) is 2.41. The van der Waals surface area contributed by atoms with Crippen LogP contribution in [0.5, 0.6) is 5.75 Å². The lowest BCUT2D eigenvalue weighted by Crippen LogP contribution is -2.47. The van der Waals surface area contributed by atoms with Crippen LogP contribution in [-0.2, 0) is 9.53 Å². The predicted molar refractivity (Wildman–Crippen MR) is 117 cm³/mol. The highest BCUT2D eigenvalue weighted by Gasteiger charge is 2.66. The van der Waals surface area contributed by atoms with E-state index in [1.165, 1.54) is 19.2 Å². The molecule has 12 heteroatoms. The molecule has 2 fully saturated rings. The zero-order valence-electron chi connectivity index (χ0n) is 19.4. The van der Waals surface area contributed by atoms with Crippen molar-refractivity contribution >= 4 is 17.5 Å². The van der Waals surface area contributed by atoms with Crippen molar-refractivity contribution in [2.24, 2.45) is 11.7 Å². The van der Waals surface area contributed by atoms with E-state index in [1.54, 1.807) is 0 Å². The van der Waals surface area contributed by atoms with Gasteiger partial charge >= 0.3 is 6.18 Å². The van der Waals surface area contributed by atoms with Gasteiger partial charge in [0.25, 0.3) is 11.8 Å². The van der Waals surface area contributed by atoms with Crippen LogP contribution in [-0.4, -0.2) is 40.8 Å². The number of nitrogens with two attached hydrogens (primary N) is 1. The summed E-state index contributed by atoms with van der Waals surface area (Å²) in [6.45, 7) is 2.04. The van der Waals surface area contributed by atoms with Crippen LogP contribution in [0.15, 0.2) is 30.5 Å². The molecule has 0 unspecified atom stereocenters. The van der Waals surface area contributed by atoms with E-state index in [2.05, 4.69) is 10.3 Å². The Hall–Kier alpha value is -3.28. The summed E-state index contributed by atoms with van der Waals surface area (Å²) in [5.41, 5.74) is 2.16. The first kappa shape index (κ1) is 25.8. The number of aromatic nitrogens is 1. The number of nitrogens with zero attached hydrogens (tertiary/aromatic N) is 1. The Bertz CT molecular complexity index is 1190. The van der Waals surface area contributed by atoms with Gasteiger partial charge in [0.15, 0.2) is 17.2 Å². The zero-order valence-corrected chi connectivity index (χ0v) is 19.4. The molecule has 2 heterocycles. The minimum atomic E-state index is -4.89. The maximum absolute atomic E-state index is 14.9. The number of hydrogen-bond acceptors (Lipinski definition) is 5. The third-order valence-electron chi connectivity index (χ3n) is 6.98. The van der Waals surface area contributed by atoms with Gasteiger partial charge in [-0.1, -0.05) is 13.0 Å². The molecule has 0 spiro atoms. The van der Waals surface area contributed by atoms with Crippen LogP contribution in [0, 0.1) is 17.6 Å². The lowest BCUT2D eigenvalue weighted by Gasteiger charge is -2.32. The molecular weight excluding hydrogens is 489 g/mol. The number of halogens is 5. The fourth-order valence-corrected chi connectivity index (χ4v) is 4.46. The van der Waals surface area contributed by atoms with Crippen LogP contribution in [0.25, 0.3) is 0 Å². The quantitative estimate of drug-likeness (QED) is 0.555. The molecular formula is C24H24F5N3O4. The highest BCUT2D eigenvalue weighted by Crippen LogP contribution is 2.55. The molecule has 1 saturated carbocycles. The van der Waals surface area contributed by atoms with E-state index in [-0.39, 0.29) is 16.9 Å². The average Bonchev–Trinajstić information content (AvgIpc) is 3.05. The fraction of sp³-hybridized carbons (Fsp3) is 0.458. The third kappa shape index (κ3) is 4.49. The van der Waals surface area contributed by atoms with Gasteiger partial charge in [-0.2, -0.15) is 17.6 Å². The molecule has 1 saturated heterocycles. The lowest BCUT2D eigenvalue weighted by molar-refractivity contribution is -0.272. The molecule has 2 aromatic rings. The molecule has 2 aliphatic rings.